The van der Waals surface area contributed by atoms with Gasteiger partial charge in [-0.1, -0.05) is 6.07 Å². The summed E-state index contributed by atoms with van der Waals surface area (Å²) < 4.78 is 7.21. The van der Waals surface area contributed by atoms with Gasteiger partial charge in [-0.05, 0) is 19.1 Å². The Morgan fingerprint density at radius 2 is 2.06 bits per heavy atom. The summed E-state index contributed by atoms with van der Waals surface area (Å²) in [7, 11) is 1.84. The van der Waals surface area contributed by atoms with Gasteiger partial charge in [0.15, 0.2) is 11.5 Å². The summed E-state index contributed by atoms with van der Waals surface area (Å²) in [5, 5.41) is 4.42. The fourth-order valence-corrected chi connectivity index (χ4v) is 2.10. The Labute approximate surface area is 104 Å². The van der Waals surface area contributed by atoms with Crippen molar-refractivity contribution in [3.63, 3.8) is 0 Å². The first-order valence-corrected chi connectivity index (χ1v) is 5.73. The van der Waals surface area contributed by atoms with Gasteiger partial charge in [-0.3, -0.25) is 4.68 Å². The predicted molar refractivity (Wildman–Crippen MR) is 70.1 cm³/mol. The molecule has 5 heteroatoms. The molecule has 2 heterocycles. The Kier molecular flexibility index (Phi) is 2.16. The van der Waals surface area contributed by atoms with Crippen molar-refractivity contribution in [3.8, 4) is 11.3 Å². The number of nitrogens with zero attached hydrogens (tertiary/aromatic N) is 3. The molecule has 0 aliphatic carbocycles. The zero-order valence-corrected chi connectivity index (χ0v) is 10.6. The van der Waals surface area contributed by atoms with Crippen molar-refractivity contribution in [2.24, 2.45) is 7.05 Å². The molecule has 3 rings (SSSR count). The number of nitrogens with two attached hydrogens (primary N) is 1. The lowest BCUT2D eigenvalue weighted by atomic mass is 10.1. The van der Waals surface area contributed by atoms with Crippen LogP contribution in [0.1, 0.15) is 11.5 Å². The molecule has 0 aliphatic rings. The van der Waals surface area contributed by atoms with E-state index in [0.717, 1.165) is 27.9 Å². The predicted octanol–water partition coefficient (Wildman–Crippen LogP) is 2.43. The van der Waals surface area contributed by atoms with Crippen molar-refractivity contribution in [1.29, 1.82) is 0 Å². The number of anilines is 1. The highest BCUT2D eigenvalue weighted by Gasteiger charge is 2.13. The average molecular weight is 242 g/mol. The third-order valence-corrected chi connectivity index (χ3v) is 3.11. The smallest absolute Gasteiger partial charge is 0.192 e. The molecule has 0 unspecified atom stereocenters. The molecule has 1 aromatic carbocycles. The van der Waals surface area contributed by atoms with Crippen LogP contribution in [0, 0.1) is 13.8 Å². The summed E-state index contributed by atoms with van der Waals surface area (Å²) in [4.78, 5) is 4.28. The van der Waals surface area contributed by atoms with Gasteiger partial charge in [0.2, 0.25) is 0 Å². The van der Waals surface area contributed by atoms with E-state index in [1.54, 1.807) is 4.68 Å². The fraction of sp³-hybridized carbons (Fsp3) is 0.231. The van der Waals surface area contributed by atoms with Crippen molar-refractivity contribution in [2.75, 3.05) is 5.73 Å². The number of fused-ring (bicyclic) bond motifs is 1. The molecule has 92 valence electrons. The first-order valence-electron chi connectivity index (χ1n) is 5.73. The second-order valence-corrected chi connectivity index (χ2v) is 4.40. The molecule has 0 bridgehead atoms. The maximum absolute atomic E-state index is 5.92. The van der Waals surface area contributed by atoms with Gasteiger partial charge in [-0.25, -0.2) is 4.98 Å². The Balaban J connectivity index is 2.21. The summed E-state index contributed by atoms with van der Waals surface area (Å²) in [6, 6.07) is 5.87. The van der Waals surface area contributed by atoms with Crippen LogP contribution in [0.15, 0.2) is 22.6 Å². The maximum Gasteiger partial charge on any atom is 0.192 e. The lowest BCUT2D eigenvalue weighted by Gasteiger charge is -1.97. The van der Waals surface area contributed by atoms with Gasteiger partial charge in [-0.2, -0.15) is 5.10 Å². The molecule has 0 aliphatic heterocycles. The summed E-state index contributed by atoms with van der Waals surface area (Å²) in [6.45, 7) is 3.80. The van der Waals surface area contributed by atoms with Gasteiger partial charge in [0.25, 0.3) is 0 Å². The van der Waals surface area contributed by atoms with Gasteiger partial charge < -0.3 is 10.2 Å². The Morgan fingerprint density at radius 3 is 2.72 bits per heavy atom. The second kappa shape index (κ2) is 3.60. The number of aromatic nitrogens is 3. The van der Waals surface area contributed by atoms with E-state index < -0.39 is 0 Å². The van der Waals surface area contributed by atoms with Crippen LogP contribution in [0.4, 0.5) is 5.82 Å². The third kappa shape index (κ3) is 1.48. The summed E-state index contributed by atoms with van der Waals surface area (Å²) >= 11 is 0. The molecule has 0 saturated heterocycles. The number of rotatable bonds is 1. The molecule has 0 amide bonds. The summed E-state index contributed by atoms with van der Waals surface area (Å²) in [5.74, 6) is 1.35. The highest BCUT2D eigenvalue weighted by Crippen LogP contribution is 2.28. The van der Waals surface area contributed by atoms with Crippen LogP contribution in [0.25, 0.3) is 22.4 Å². The first kappa shape index (κ1) is 10.8. The van der Waals surface area contributed by atoms with E-state index in [9.17, 15) is 0 Å². The molecule has 2 aromatic heterocycles. The average Bonchev–Trinajstić information content (AvgIpc) is 2.82. The van der Waals surface area contributed by atoms with Crippen molar-refractivity contribution in [1.82, 2.24) is 14.8 Å². The number of aryl methyl sites for hydroxylation is 2. The topological polar surface area (TPSA) is 69.9 Å². The lowest BCUT2D eigenvalue weighted by molar-refractivity contribution is 0.561. The fourth-order valence-electron chi connectivity index (χ4n) is 2.10. The minimum Gasteiger partial charge on any atom is -0.441 e. The quantitative estimate of drug-likeness (QED) is 0.711. The minimum absolute atomic E-state index is 0.666. The van der Waals surface area contributed by atoms with Gasteiger partial charge in [0, 0.05) is 25.1 Å². The van der Waals surface area contributed by atoms with Crippen LogP contribution in [0.5, 0.6) is 0 Å². The van der Waals surface area contributed by atoms with Gasteiger partial charge in [0.05, 0.1) is 5.69 Å². The lowest BCUT2D eigenvalue weighted by Crippen LogP contribution is -1.97. The van der Waals surface area contributed by atoms with E-state index in [0.29, 0.717) is 11.7 Å². The van der Waals surface area contributed by atoms with Gasteiger partial charge in [0.1, 0.15) is 11.3 Å². The Hall–Kier alpha value is -2.30. The summed E-state index contributed by atoms with van der Waals surface area (Å²) in [6.07, 6.45) is 0. The first-order chi connectivity index (χ1) is 8.56. The second-order valence-electron chi connectivity index (χ2n) is 4.40. The van der Waals surface area contributed by atoms with Crippen molar-refractivity contribution in [2.45, 2.75) is 13.8 Å². The highest BCUT2D eigenvalue weighted by molar-refractivity contribution is 5.80. The van der Waals surface area contributed by atoms with Crippen LogP contribution in [-0.4, -0.2) is 14.8 Å². The SMILES string of the molecule is Cc1nc2ccc(-c3nn(C)c(N)c3C)cc2o1. The van der Waals surface area contributed by atoms with E-state index in [4.69, 9.17) is 10.2 Å². The van der Waals surface area contributed by atoms with E-state index in [-0.39, 0.29) is 0 Å². The molecule has 0 saturated carbocycles. The molecule has 3 aromatic rings. The zero-order chi connectivity index (χ0) is 12.9. The van der Waals surface area contributed by atoms with Gasteiger partial charge >= 0.3 is 0 Å². The van der Waals surface area contributed by atoms with Crippen molar-refractivity contribution >= 4 is 16.9 Å². The van der Waals surface area contributed by atoms with E-state index in [1.807, 2.05) is 39.1 Å². The van der Waals surface area contributed by atoms with E-state index in [2.05, 4.69) is 10.1 Å². The standard InChI is InChI=1S/C13H14N4O/c1-7-12(16-17(3)13(7)14)9-4-5-10-11(6-9)18-8(2)15-10/h4-6H,14H2,1-3H3. The normalized spacial score (nSPS) is 11.3. The molecule has 0 atom stereocenters. The number of benzene rings is 1. The largest absolute Gasteiger partial charge is 0.441 e. The summed E-state index contributed by atoms with van der Waals surface area (Å²) in [5.41, 5.74) is 10.4. The minimum atomic E-state index is 0.666. The molecule has 18 heavy (non-hydrogen) atoms. The van der Waals surface area contributed by atoms with E-state index in [1.165, 1.54) is 0 Å². The number of oxazole rings is 1. The van der Waals surface area contributed by atoms with Crippen LogP contribution in [0.2, 0.25) is 0 Å². The van der Waals surface area contributed by atoms with Crippen LogP contribution >= 0.6 is 0 Å². The zero-order valence-electron chi connectivity index (χ0n) is 10.6. The molecule has 2 N–H and O–H groups in total. The number of hydrogen-bond donors (Lipinski definition) is 1. The monoisotopic (exact) mass is 242 g/mol. The van der Waals surface area contributed by atoms with Crippen LogP contribution in [0.3, 0.4) is 0 Å². The number of nitrogen functional groups attached to an aromatic ring is 1. The van der Waals surface area contributed by atoms with Crippen molar-refractivity contribution in [3.05, 3.63) is 29.7 Å². The van der Waals surface area contributed by atoms with Crippen LogP contribution in [-0.2, 0) is 7.05 Å². The molecule has 0 radical (unpaired) electrons. The highest BCUT2D eigenvalue weighted by atomic mass is 16.3. The Bertz CT molecular complexity index is 739. The van der Waals surface area contributed by atoms with Crippen LogP contribution < -0.4 is 5.73 Å². The van der Waals surface area contributed by atoms with E-state index >= 15 is 0 Å². The molecular formula is C13H14N4O. The number of hydrogen-bond acceptors (Lipinski definition) is 4. The van der Waals surface area contributed by atoms with Crippen molar-refractivity contribution < 1.29 is 4.42 Å². The van der Waals surface area contributed by atoms with Gasteiger partial charge in [-0.15, -0.1) is 0 Å². The molecular weight excluding hydrogens is 228 g/mol. The maximum atomic E-state index is 5.92. The third-order valence-electron chi connectivity index (χ3n) is 3.11. The molecule has 0 spiro atoms. The molecule has 5 nitrogen and oxygen atoms in total. The molecule has 0 fully saturated rings. The Morgan fingerprint density at radius 1 is 1.28 bits per heavy atom.